The van der Waals surface area contributed by atoms with Crippen molar-refractivity contribution in [1.82, 2.24) is 0 Å². The normalized spacial score (nSPS) is 14.6. The fourth-order valence-corrected chi connectivity index (χ4v) is 3.10. The number of rotatable bonds is 3. The Kier molecular flexibility index (Phi) is 4.90. The molecular weight excluding hydrogens is 353 g/mol. The third-order valence-electron chi connectivity index (χ3n) is 4.09. The summed E-state index contributed by atoms with van der Waals surface area (Å²) in [5.41, 5.74) is -0.276. The van der Waals surface area contributed by atoms with Crippen LogP contribution in [-0.4, -0.2) is 19.0 Å². The molecule has 2 aromatic carbocycles. The van der Waals surface area contributed by atoms with E-state index in [1.54, 1.807) is 23.1 Å². The second-order valence-electron chi connectivity index (χ2n) is 5.89. The van der Waals surface area contributed by atoms with E-state index in [1.165, 1.54) is 18.2 Å². The van der Waals surface area contributed by atoms with Gasteiger partial charge in [-0.05, 0) is 49.2 Å². The third-order valence-corrected chi connectivity index (χ3v) is 4.33. The van der Waals surface area contributed by atoms with Crippen LogP contribution in [0.3, 0.4) is 0 Å². The zero-order valence-electron chi connectivity index (χ0n) is 13.2. The fourth-order valence-electron chi connectivity index (χ4n) is 2.91. The highest BCUT2D eigenvalue weighted by Gasteiger charge is 2.36. The molecule has 0 aliphatic carbocycles. The van der Waals surface area contributed by atoms with E-state index in [1.807, 2.05) is 0 Å². The molecule has 3 nitrogen and oxygen atoms in total. The van der Waals surface area contributed by atoms with Gasteiger partial charge in [-0.15, -0.1) is 0 Å². The molecule has 0 bridgehead atoms. The van der Waals surface area contributed by atoms with E-state index < -0.39 is 17.6 Å². The second kappa shape index (κ2) is 6.96. The van der Waals surface area contributed by atoms with E-state index in [-0.39, 0.29) is 11.3 Å². The summed E-state index contributed by atoms with van der Waals surface area (Å²) in [7, 11) is 0. The lowest BCUT2D eigenvalue weighted by atomic mass is 10.1. The first-order valence-corrected chi connectivity index (χ1v) is 8.25. The number of hydrogen-bond acceptors (Lipinski definition) is 2. The van der Waals surface area contributed by atoms with Gasteiger partial charge in [0.25, 0.3) is 5.91 Å². The minimum Gasteiger partial charge on any atom is -0.371 e. The molecule has 1 saturated heterocycles. The van der Waals surface area contributed by atoms with Gasteiger partial charge >= 0.3 is 6.18 Å². The topological polar surface area (TPSA) is 32.3 Å². The number of amides is 1. The Morgan fingerprint density at radius 1 is 1.08 bits per heavy atom. The first-order valence-electron chi connectivity index (χ1n) is 7.88. The highest BCUT2D eigenvalue weighted by Crippen LogP contribution is 2.38. The van der Waals surface area contributed by atoms with Crippen molar-refractivity contribution in [2.75, 3.05) is 23.3 Å². The Balaban J connectivity index is 1.90. The van der Waals surface area contributed by atoms with Crippen molar-refractivity contribution in [3.63, 3.8) is 0 Å². The van der Waals surface area contributed by atoms with Gasteiger partial charge in [-0.2, -0.15) is 13.2 Å². The minimum atomic E-state index is -4.52. The average Bonchev–Trinajstić information content (AvgIpc) is 3.08. The van der Waals surface area contributed by atoms with Gasteiger partial charge in [-0.3, -0.25) is 4.79 Å². The lowest BCUT2D eigenvalue weighted by Crippen LogP contribution is -2.23. The Hall–Kier alpha value is -2.21. The molecule has 2 aromatic rings. The van der Waals surface area contributed by atoms with Crippen LogP contribution in [0, 0.1) is 0 Å². The lowest BCUT2D eigenvalue weighted by Gasteiger charge is -2.23. The van der Waals surface area contributed by atoms with Crippen molar-refractivity contribution < 1.29 is 18.0 Å². The summed E-state index contributed by atoms with van der Waals surface area (Å²) >= 11 is 5.85. The number of anilines is 2. The average molecular weight is 369 g/mol. The number of nitrogens with one attached hydrogen (secondary N) is 1. The largest absolute Gasteiger partial charge is 0.418 e. The Morgan fingerprint density at radius 2 is 1.80 bits per heavy atom. The molecule has 1 amide bonds. The molecule has 0 spiro atoms. The highest BCUT2D eigenvalue weighted by molar-refractivity contribution is 6.31. The van der Waals surface area contributed by atoms with Crippen molar-refractivity contribution in [3.05, 3.63) is 58.6 Å². The maximum Gasteiger partial charge on any atom is 0.418 e. The molecular formula is C18H16ClF3N2O. The standard InChI is InChI=1S/C18H16ClF3N2O/c19-13-4-3-5-14(11-13)23-17(25)12-6-7-16(24-8-1-2-9-24)15(10-12)18(20,21)22/h3-7,10-11H,1-2,8-9H2,(H,23,25). The number of alkyl halides is 3. The smallest absolute Gasteiger partial charge is 0.371 e. The van der Waals surface area contributed by atoms with Gasteiger partial charge < -0.3 is 10.2 Å². The number of hydrogen-bond donors (Lipinski definition) is 1. The summed E-state index contributed by atoms with van der Waals surface area (Å²) in [6.45, 7) is 1.19. The molecule has 0 aromatic heterocycles. The summed E-state index contributed by atoms with van der Waals surface area (Å²) in [4.78, 5) is 14.0. The molecule has 3 rings (SSSR count). The predicted molar refractivity (Wildman–Crippen MR) is 92.3 cm³/mol. The second-order valence-corrected chi connectivity index (χ2v) is 6.32. The third kappa shape index (κ3) is 4.07. The maximum absolute atomic E-state index is 13.4. The van der Waals surface area contributed by atoms with Crippen LogP contribution < -0.4 is 10.2 Å². The molecule has 0 unspecified atom stereocenters. The van der Waals surface area contributed by atoms with E-state index in [0.29, 0.717) is 23.8 Å². The summed E-state index contributed by atoms with van der Waals surface area (Å²) in [5.74, 6) is -0.610. The predicted octanol–water partition coefficient (Wildman–Crippen LogP) is 5.21. The lowest BCUT2D eigenvalue weighted by molar-refractivity contribution is -0.137. The molecule has 1 fully saturated rings. The van der Waals surface area contributed by atoms with Crippen molar-refractivity contribution in [2.45, 2.75) is 19.0 Å². The van der Waals surface area contributed by atoms with Crippen LogP contribution in [0.25, 0.3) is 0 Å². The van der Waals surface area contributed by atoms with E-state index in [0.717, 1.165) is 18.9 Å². The van der Waals surface area contributed by atoms with E-state index >= 15 is 0 Å². The van der Waals surface area contributed by atoms with Crippen molar-refractivity contribution in [1.29, 1.82) is 0 Å². The summed E-state index contributed by atoms with van der Waals surface area (Å²) in [6.07, 6.45) is -2.78. The molecule has 1 heterocycles. The Morgan fingerprint density at radius 3 is 2.44 bits per heavy atom. The number of benzene rings is 2. The van der Waals surface area contributed by atoms with E-state index in [2.05, 4.69) is 5.32 Å². The molecule has 7 heteroatoms. The molecule has 0 radical (unpaired) electrons. The van der Waals surface area contributed by atoms with Gasteiger partial charge in [-0.25, -0.2) is 0 Å². The van der Waals surface area contributed by atoms with Crippen molar-refractivity contribution >= 4 is 28.9 Å². The van der Waals surface area contributed by atoms with E-state index in [4.69, 9.17) is 11.6 Å². The number of carbonyl (C=O) groups is 1. The quantitative estimate of drug-likeness (QED) is 0.806. The van der Waals surface area contributed by atoms with E-state index in [9.17, 15) is 18.0 Å². The van der Waals surface area contributed by atoms with Crippen LogP contribution in [-0.2, 0) is 6.18 Å². The fraction of sp³-hybridized carbons (Fsp3) is 0.278. The van der Waals surface area contributed by atoms with Crippen LogP contribution in [0.15, 0.2) is 42.5 Å². The summed E-state index contributed by atoms with van der Waals surface area (Å²) in [6, 6.07) is 10.1. The van der Waals surface area contributed by atoms with Crippen LogP contribution in [0.4, 0.5) is 24.5 Å². The molecule has 25 heavy (non-hydrogen) atoms. The number of nitrogens with zero attached hydrogens (tertiary/aromatic N) is 1. The van der Waals surface area contributed by atoms with Gasteiger partial charge in [0.15, 0.2) is 0 Å². The van der Waals surface area contributed by atoms with Crippen LogP contribution in [0.1, 0.15) is 28.8 Å². The van der Waals surface area contributed by atoms with Gasteiger partial charge in [0.1, 0.15) is 0 Å². The monoisotopic (exact) mass is 368 g/mol. The van der Waals surface area contributed by atoms with Gasteiger partial charge in [0.2, 0.25) is 0 Å². The van der Waals surface area contributed by atoms with Crippen LogP contribution in [0.5, 0.6) is 0 Å². The first-order chi connectivity index (χ1) is 11.8. The van der Waals surface area contributed by atoms with Gasteiger partial charge in [-0.1, -0.05) is 17.7 Å². The van der Waals surface area contributed by atoms with Crippen molar-refractivity contribution in [3.8, 4) is 0 Å². The zero-order valence-corrected chi connectivity index (χ0v) is 14.0. The Labute approximate surface area is 148 Å². The summed E-state index contributed by atoms with van der Waals surface area (Å²) < 4.78 is 40.3. The number of carbonyl (C=O) groups excluding carboxylic acids is 1. The van der Waals surface area contributed by atoms with Gasteiger partial charge in [0.05, 0.1) is 5.56 Å². The van der Waals surface area contributed by atoms with Crippen LogP contribution >= 0.6 is 11.6 Å². The molecule has 0 saturated carbocycles. The van der Waals surface area contributed by atoms with Crippen molar-refractivity contribution in [2.24, 2.45) is 0 Å². The zero-order chi connectivity index (χ0) is 18.0. The molecule has 1 N–H and O–H groups in total. The van der Waals surface area contributed by atoms with Gasteiger partial charge in [0, 0.05) is 35.1 Å². The highest BCUT2D eigenvalue weighted by atomic mass is 35.5. The maximum atomic E-state index is 13.4. The molecule has 1 aliphatic rings. The molecule has 1 aliphatic heterocycles. The SMILES string of the molecule is O=C(Nc1cccc(Cl)c1)c1ccc(N2CCCC2)c(C(F)(F)F)c1. The first kappa shape index (κ1) is 17.6. The summed E-state index contributed by atoms with van der Waals surface area (Å²) in [5, 5.41) is 2.99. The van der Waals surface area contributed by atoms with Crippen LogP contribution in [0.2, 0.25) is 5.02 Å². The number of halogens is 4. The molecule has 132 valence electrons. The Bertz CT molecular complexity index is 786. The molecule has 0 atom stereocenters. The minimum absolute atomic E-state index is 0.0461.